The minimum atomic E-state index is -3.73. The first kappa shape index (κ1) is 18.6. The number of nitrogens with one attached hydrogen (secondary N) is 1. The van der Waals surface area contributed by atoms with Gasteiger partial charge >= 0.3 is 5.97 Å². The zero-order valence-corrected chi connectivity index (χ0v) is 14.6. The van der Waals surface area contributed by atoms with Gasteiger partial charge in [-0.3, -0.25) is 9.59 Å². The Morgan fingerprint density at radius 2 is 2.00 bits per heavy atom. The van der Waals surface area contributed by atoms with Crippen LogP contribution in [-0.2, 0) is 19.6 Å². The molecule has 1 aliphatic rings. The molecule has 1 aromatic carbocycles. The summed E-state index contributed by atoms with van der Waals surface area (Å²) < 4.78 is 27.3. The third-order valence-corrected chi connectivity index (χ3v) is 5.62. The molecule has 0 aromatic heterocycles. The lowest BCUT2D eigenvalue weighted by Gasteiger charge is -2.24. The Balaban J connectivity index is 2.14. The molecular weight excluding hydrogens is 354 g/mol. The van der Waals surface area contributed by atoms with Gasteiger partial charge in [-0.15, -0.1) is 0 Å². The molecule has 1 aliphatic carbocycles. The molecule has 1 saturated carbocycles. The van der Waals surface area contributed by atoms with E-state index in [4.69, 9.17) is 16.7 Å². The Morgan fingerprint density at radius 1 is 1.38 bits per heavy atom. The standard InChI is InChI=1S/C16H18ClNO5S/c1-10(16(20)21)8-11-9-13(4-7-15(11)19)18-24(22,23)14-5-2-12(17)3-6-14/h2-3,5-6,8,10,13,18H,4,7,9H2,1H3,(H,20,21)/b11-8+. The molecule has 2 unspecified atom stereocenters. The van der Waals surface area contributed by atoms with Crippen LogP contribution in [0.3, 0.4) is 0 Å². The van der Waals surface area contributed by atoms with Crippen molar-refractivity contribution >= 4 is 33.4 Å². The zero-order valence-electron chi connectivity index (χ0n) is 13.0. The predicted molar refractivity (Wildman–Crippen MR) is 89.3 cm³/mol. The lowest BCUT2D eigenvalue weighted by atomic mass is 9.88. The molecule has 0 saturated heterocycles. The van der Waals surface area contributed by atoms with Crippen LogP contribution in [0.15, 0.2) is 40.8 Å². The van der Waals surface area contributed by atoms with Crippen molar-refractivity contribution in [3.63, 3.8) is 0 Å². The lowest BCUT2D eigenvalue weighted by Crippen LogP contribution is -2.38. The molecule has 2 atom stereocenters. The Morgan fingerprint density at radius 3 is 2.58 bits per heavy atom. The summed E-state index contributed by atoms with van der Waals surface area (Å²) in [6.45, 7) is 1.48. The quantitative estimate of drug-likeness (QED) is 0.774. The van der Waals surface area contributed by atoms with Gasteiger partial charge in [0.2, 0.25) is 10.0 Å². The van der Waals surface area contributed by atoms with E-state index in [2.05, 4.69) is 4.72 Å². The largest absolute Gasteiger partial charge is 0.481 e. The SMILES string of the molecule is CC(/C=C1\CC(NS(=O)(=O)c2ccc(Cl)cc2)CCC1=O)C(=O)O. The van der Waals surface area contributed by atoms with Crippen molar-refractivity contribution in [1.82, 2.24) is 4.72 Å². The maximum atomic E-state index is 12.4. The second kappa shape index (κ2) is 7.46. The number of benzene rings is 1. The van der Waals surface area contributed by atoms with Gasteiger partial charge < -0.3 is 5.11 Å². The first-order valence-electron chi connectivity index (χ1n) is 7.43. The number of carboxylic acids is 1. The van der Waals surface area contributed by atoms with Gasteiger partial charge in [0.25, 0.3) is 0 Å². The number of carbonyl (C=O) groups excluding carboxylic acids is 1. The van der Waals surface area contributed by atoms with Crippen LogP contribution in [0.25, 0.3) is 0 Å². The normalized spacial score (nSPS) is 21.7. The highest BCUT2D eigenvalue weighted by Gasteiger charge is 2.28. The van der Waals surface area contributed by atoms with Crippen molar-refractivity contribution in [3.05, 3.63) is 40.9 Å². The number of hydrogen-bond acceptors (Lipinski definition) is 4. The third-order valence-electron chi connectivity index (χ3n) is 3.83. The van der Waals surface area contributed by atoms with Crippen LogP contribution in [0.2, 0.25) is 5.02 Å². The summed E-state index contributed by atoms with van der Waals surface area (Å²) in [5, 5.41) is 9.38. The predicted octanol–water partition coefficient (Wildman–Crippen LogP) is 2.39. The van der Waals surface area contributed by atoms with Crippen LogP contribution in [0, 0.1) is 5.92 Å². The summed E-state index contributed by atoms with van der Waals surface area (Å²) in [6, 6.07) is 5.33. The van der Waals surface area contributed by atoms with Gasteiger partial charge in [-0.05, 0) is 49.6 Å². The van der Waals surface area contributed by atoms with Crippen molar-refractivity contribution in [3.8, 4) is 0 Å². The number of halogens is 1. The summed E-state index contributed by atoms with van der Waals surface area (Å²) in [5.74, 6) is -1.96. The minimum absolute atomic E-state index is 0.0910. The summed E-state index contributed by atoms with van der Waals surface area (Å²) >= 11 is 5.75. The van der Waals surface area contributed by atoms with Gasteiger partial charge in [-0.25, -0.2) is 13.1 Å². The highest BCUT2D eigenvalue weighted by molar-refractivity contribution is 7.89. The van der Waals surface area contributed by atoms with Crippen LogP contribution >= 0.6 is 11.6 Å². The van der Waals surface area contributed by atoms with E-state index in [1.165, 1.54) is 37.3 Å². The molecule has 24 heavy (non-hydrogen) atoms. The molecule has 130 valence electrons. The molecule has 6 nitrogen and oxygen atoms in total. The van der Waals surface area contributed by atoms with Gasteiger partial charge in [0.1, 0.15) is 0 Å². The van der Waals surface area contributed by atoms with E-state index < -0.39 is 28.0 Å². The smallest absolute Gasteiger partial charge is 0.310 e. The molecule has 0 bridgehead atoms. The fourth-order valence-corrected chi connectivity index (χ4v) is 3.88. The first-order valence-corrected chi connectivity index (χ1v) is 9.30. The molecule has 1 aromatic rings. The van der Waals surface area contributed by atoms with Gasteiger partial charge in [-0.1, -0.05) is 17.7 Å². The number of aliphatic carboxylic acids is 1. The molecule has 0 heterocycles. The van der Waals surface area contributed by atoms with E-state index >= 15 is 0 Å². The van der Waals surface area contributed by atoms with Gasteiger partial charge in [0, 0.05) is 17.5 Å². The Labute approximate surface area is 145 Å². The molecule has 2 rings (SSSR count). The number of rotatable bonds is 5. The maximum Gasteiger partial charge on any atom is 0.310 e. The van der Waals surface area contributed by atoms with Crippen LogP contribution in [-0.4, -0.2) is 31.3 Å². The van der Waals surface area contributed by atoms with E-state index in [1.54, 1.807) is 0 Å². The highest BCUT2D eigenvalue weighted by Crippen LogP contribution is 2.24. The topological polar surface area (TPSA) is 101 Å². The fourth-order valence-electron chi connectivity index (χ4n) is 2.48. The van der Waals surface area contributed by atoms with Crippen molar-refractivity contribution in [2.75, 3.05) is 0 Å². The van der Waals surface area contributed by atoms with E-state index in [-0.39, 0.29) is 23.5 Å². The molecule has 0 aliphatic heterocycles. The molecule has 2 N–H and O–H groups in total. The van der Waals surface area contributed by atoms with E-state index in [0.29, 0.717) is 17.0 Å². The van der Waals surface area contributed by atoms with Crippen LogP contribution in [0.5, 0.6) is 0 Å². The number of Topliss-reactive ketones (excluding diaryl/α,β-unsaturated/α-hetero) is 1. The van der Waals surface area contributed by atoms with Gasteiger partial charge in [0.05, 0.1) is 10.8 Å². The fraction of sp³-hybridized carbons (Fsp3) is 0.375. The van der Waals surface area contributed by atoms with Crippen molar-refractivity contribution < 1.29 is 23.1 Å². The van der Waals surface area contributed by atoms with Gasteiger partial charge in [-0.2, -0.15) is 0 Å². The van der Waals surface area contributed by atoms with E-state index in [0.717, 1.165) is 0 Å². The Kier molecular flexibility index (Phi) is 5.79. The maximum absolute atomic E-state index is 12.4. The van der Waals surface area contributed by atoms with Crippen molar-refractivity contribution in [2.45, 2.75) is 37.1 Å². The first-order chi connectivity index (χ1) is 11.2. The summed E-state index contributed by atoms with van der Waals surface area (Å²) in [6.07, 6.45) is 2.15. The zero-order chi connectivity index (χ0) is 17.9. The average Bonchev–Trinajstić information content (AvgIpc) is 2.50. The second-order valence-electron chi connectivity index (χ2n) is 5.76. The molecule has 0 spiro atoms. The van der Waals surface area contributed by atoms with Crippen molar-refractivity contribution in [1.29, 1.82) is 0 Å². The summed E-state index contributed by atoms with van der Waals surface area (Å²) in [4.78, 5) is 22.9. The average molecular weight is 372 g/mol. The van der Waals surface area contributed by atoms with E-state index in [9.17, 15) is 18.0 Å². The molecular formula is C16H18ClNO5S. The Hall–Kier alpha value is -1.70. The number of carbonyl (C=O) groups is 2. The number of ketones is 1. The highest BCUT2D eigenvalue weighted by atomic mass is 35.5. The lowest BCUT2D eigenvalue weighted by molar-refractivity contribution is -0.139. The summed E-state index contributed by atoms with van der Waals surface area (Å²) in [7, 11) is -3.73. The molecule has 0 amide bonds. The molecule has 0 radical (unpaired) electrons. The van der Waals surface area contributed by atoms with Crippen molar-refractivity contribution in [2.24, 2.45) is 5.92 Å². The number of carboxylic acid groups (broad SMARTS) is 1. The van der Waals surface area contributed by atoms with Crippen LogP contribution in [0.4, 0.5) is 0 Å². The van der Waals surface area contributed by atoms with Crippen LogP contribution < -0.4 is 4.72 Å². The third kappa shape index (κ3) is 4.66. The van der Waals surface area contributed by atoms with Crippen LogP contribution in [0.1, 0.15) is 26.2 Å². The monoisotopic (exact) mass is 371 g/mol. The molecule has 1 fully saturated rings. The molecule has 8 heteroatoms. The minimum Gasteiger partial charge on any atom is -0.481 e. The van der Waals surface area contributed by atoms with E-state index in [1.807, 2.05) is 0 Å². The number of sulfonamides is 1. The van der Waals surface area contributed by atoms with Gasteiger partial charge in [0.15, 0.2) is 5.78 Å². The Bertz CT molecular complexity index is 770. The second-order valence-corrected chi connectivity index (χ2v) is 7.91. The number of hydrogen-bond donors (Lipinski definition) is 2. The summed E-state index contributed by atoms with van der Waals surface area (Å²) in [5.41, 5.74) is 0.361.